The molecule has 0 saturated heterocycles. The van der Waals surface area contributed by atoms with Crippen molar-refractivity contribution in [1.82, 2.24) is 9.78 Å². The van der Waals surface area contributed by atoms with Gasteiger partial charge in [0.15, 0.2) is 0 Å². The molecule has 0 spiro atoms. The van der Waals surface area contributed by atoms with Crippen molar-refractivity contribution in [2.24, 2.45) is 0 Å². The van der Waals surface area contributed by atoms with Crippen LogP contribution in [-0.2, 0) is 0 Å². The van der Waals surface area contributed by atoms with Crippen LogP contribution in [0.15, 0.2) is 48.7 Å². The lowest BCUT2D eigenvalue weighted by Gasteiger charge is -2.15. The first-order chi connectivity index (χ1) is 11.3. The molecule has 1 atom stereocenters. The van der Waals surface area contributed by atoms with E-state index in [2.05, 4.69) is 71.0 Å². The fourth-order valence-corrected chi connectivity index (χ4v) is 3.23. The first-order valence-electron chi connectivity index (χ1n) is 8.27. The Balaban J connectivity index is 1.72. The lowest BCUT2D eigenvalue weighted by Crippen LogP contribution is -2.08. The summed E-state index contributed by atoms with van der Waals surface area (Å²) in [6.45, 7) is 4.07. The van der Waals surface area contributed by atoms with Gasteiger partial charge in [0, 0.05) is 10.9 Å². The van der Waals surface area contributed by atoms with Gasteiger partial charge in [-0.15, -0.1) is 5.92 Å². The van der Waals surface area contributed by atoms with E-state index in [1.165, 1.54) is 24.0 Å². The molecule has 2 aromatic carbocycles. The first kappa shape index (κ1) is 14.1. The molecule has 0 amide bonds. The molecule has 1 heterocycles. The smallest absolute Gasteiger partial charge is 0.0747 e. The van der Waals surface area contributed by atoms with E-state index in [1.807, 2.05) is 13.1 Å². The van der Waals surface area contributed by atoms with E-state index < -0.39 is 0 Å². The van der Waals surface area contributed by atoms with Crippen molar-refractivity contribution in [3.8, 4) is 11.8 Å². The molecule has 3 aromatic rings. The van der Waals surface area contributed by atoms with Gasteiger partial charge in [-0.3, -0.25) is 4.68 Å². The minimum absolute atomic E-state index is 0.214. The van der Waals surface area contributed by atoms with Crippen molar-refractivity contribution in [1.29, 1.82) is 0 Å². The van der Waals surface area contributed by atoms with Crippen LogP contribution in [0, 0.1) is 11.8 Å². The lowest BCUT2D eigenvalue weighted by atomic mass is 10.0. The van der Waals surface area contributed by atoms with Crippen LogP contribution in [0.4, 0.5) is 0 Å². The molecule has 23 heavy (non-hydrogen) atoms. The Bertz CT molecular complexity index is 902. The maximum absolute atomic E-state index is 4.63. The van der Waals surface area contributed by atoms with Crippen LogP contribution in [-0.4, -0.2) is 9.78 Å². The predicted molar refractivity (Wildman–Crippen MR) is 94.5 cm³/mol. The highest BCUT2D eigenvalue weighted by Crippen LogP contribution is 2.40. The number of hydrogen-bond donors (Lipinski definition) is 0. The summed E-state index contributed by atoms with van der Waals surface area (Å²) >= 11 is 0. The van der Waals surface area contributed by atoms with Crippen molar-refractivity contribution in [3.05, 3.63) is 65.4 Å². The molecular formula is C21H20N2. The molecule has 2 nitrogen and oxygen atoms in total. The summed E-state index contributed by atoms with van der Waals surface area (Å²) in [5, 5.41) is 5.76. The van der Waals surface area contributed by atoms with Crippen molar-refractivity contribution >= 4 is 10.9 Å². The van der Waals surface area contributed by atoms with Crippen LogP contribution in [0.2, 0.25) is 0 Å². The zero-order chi connectivity index (χ0) is 15.8. The van der Waals surface area contributed by atoms with Crippen LogP contribution in [0.1, 0.15) is 55.3 Å². The summed E-state index contributed by atoms with van der Waals surface area (Å²) in [6, 6.07) is 15.5. The molecule has 0 aliphatic heterocycles. The van der Waals surface area contributed by atoms with Gasteiger partial charge in [0.25, 0.3) is 0 Å². The number of benzene rings is 2. The number of nitrogens with zero attached hydrogens (tertiary/aromatic N) is 2. The first-order valence-corrected chi connectivity index (χ1v) is 8.27. The van der Waals surface area contributed by atoms with Crippen LogP contribution in [0.5, 0.6) is 0 Å². The Labute approximate surface area is 137 Å². The molecule has 2 heteroatoms. The minimum Gasteiger partial charge on any atom is -0.258 e. The Morgan fingerprint density at radius 1 is 1.13 bits per heavy atom. The molecule has 1 unspecified atom stereocenters. The molecule has 1 fully saturated rings. The Hall–Kier alpha value is -2.53. The summed E-state index contributed by atoms with van der Waals surface area (Å²) in [6.07, 6.45) is 4.63. The molecule has 1 aliphatic rings. The fourth-order valence-electron chi connectivity index (χ4n) is 3.23. The van der Waals surface area contributed by atoms with Gasteiger partial charge in [-0.2, -0.15) is 5.10 Å². The average Bonchev–Trinajstić information content (AvgIpc) is 3.34. The second-order valence-electron chi connectivity index (χ2n) is 6.32. The molecule has 4 rings (SSSR count). The topological polar surface area (TPSA) is 17.8 Å². The predicted octanol–water partition coefficient (Wildman–Crippen LogP) is 4.89. The van der Waals surface area contributed by atoms with Crippen LogP contribution >= 0.6 is 0 Å². The van der Waals surface area contributed by atoms with Gasteiger partial charge in [-0.05, 0) is 55.9 Å². The van der Waals surface area contributed by atoms with Crippen LogP contribution in [0.25, 0.3) is 10.9 Å². The normalized spacial score (nSPS) is 15.2. The third-order valence-corrected chi connectivity index (χ3v) is 4.74. The summed E-state index contributed by atoms with van der Waals surface area (Å²) < 4.78 is 2.10. The Morgan fingerprint density at radius 3 is 2.61 bits per heavy atom. The standard InChI is InChI=1S/C21H20N2/c1-3-5-19-6-4-7-21-20(19)14-22-23(21)15(2)16-8-10-17(11-9-16)18-12-13-18/h4,6-11,14-15,18H,12-13H2,1-2H3. The molecule has 1 aliphatic carbocycles. The van der Waals surface area contributed by atoms with Crippen molar-refractivity contribution in [3.63, 3.8) is 0 Å². The zero-order valence-electron chi connectivity index (χ0n) is 13.6. The number of rotatable bonds is 3. The van der Waals surface area contributed by atoms with E-state index >= 15 is 0 Å². The van der Waals surface area contributed by atoms with Gasteiger partial charge in [-0.1, -0.05) is 36.3 Å². The van der Waals surface area contributed by atoms with E-state index in [0.29, 0.717) is 0 Å². The molecule has 1 saturated carbocycles. The number of fused-ring (bicyclic) bond motifs is 1. The highest BCUT2D eigenvalue weighted by atomic mass is 15.3. The molecular weight excluding hydrogens is 280 g/mol. The van der Waals surface area contributed by atoms with Crippen molar-refractivity contribution in [2.45, 2.75) is 38.6 Å². The maximum Gasteiger partial charge on any atom is 0.0747 e. The number of aromatic nitrogens is 2. The lowest BCUT2D eigenvalue weighted by molar-refractivity contribution is 0.584. The van der Waals surface area contributed by atoms with E-state index in [4.69, 9.17) is 0 Å². The summed E-state index contributed by atoms with van der Waals surface area (Å²) in [5.74, 6) is 6.95. The van der Waals surface area contributed by atoms with E-state index in [9.17, 15) is 0 Å². The highest BCUT2D eigenvalue weighted by molar-refractivity contribution is 5.85. The fraction of sp³-hybridized carbons (Fsp3) is 0.286. The molecule has 0 bridgehead atoms. The maximum atomic E-state index is 4.63. The molecule has 0 N–H and O–H groups in total. The second-order valence-corrected chi connectivity index (χ2v) is 6.32. The van der Waals surface area contributed by atoms with Crippen LogP contribution in [0.3, 0.4) is 0 Å². The van der Waals surface area contributed by atoms with Crippen molar-refractivity contribution in [2.75, 3.05) is 0 Å². The largest absolute Gasteiger partial charge is 0.258 e. The van der Waals surface area contributed by atoms with Crippen LogP contribution < -0.4 is 0 Å². The van der Waals surface area contributed by atoms with Gasteiger partial charge in [-0.25, -0.2) is 0 Å². The molecule has 114 valence electrons. The van der Waals surface area contributed by atoms with E-state index in [1.54, 1.807) is 0 Å². The number of hydrogen-bond acceptors (Lipinski definition) is 1. The third-order valence-electron chi connectivity index (χ3n) is 4.74. The van der Waals surface area contributed by atoms with Crippen molar-refractivity contribution < 1.29 is 0 Å². The van der Waals surface area contributed by atoms with Gasteiger partial charge >= 0.3 is 0 Å². The SMILES string of the molecule is CC#Cc1cccc2c1cnn2C(C)c1ccc(C2CC2)cc1. The summed E-state index contributed by atoms with van der Waals surface area (Å²) in [7, 11) is 0. The summed E-state index contributed by atoms with van der Waals surface area (Å²) in [4.78, 5) is 0. The monoisotopic (exact) mass is 300 g/mol. The third kappa shape index (κ3) is 2.53. The van der Waals surface area contributed by atoms with E-state index in [0.717, 1.165) is 22.4 Å². The second kappa shape index (κ2) is 5.59. The van der Waals surface area contributed by atoms with E-state index in [-0.39, 0.29) is 6.04 Å². The Morgan fingerprint density at radius 2 is 1.91 bits per heavy atom. The molecule has 1 aromatic heterocycles. The van der Waals surface area contributed by atoms with Gasteiger partial charge in [0.05, 0.1) is 17.8 Å². The average molecular weight is 300 g/mol. The van der Waals surface area contributed by atoms with Gasteiger partial charge < -0.3 is 0 Å². The highest BCUT2D eigenvalue weighted by Gasteiger charge is 2.23. The zero-order valence-corrected chi connectivity index (χ0v) is 13.6. The quantitative estimate of drug-likeness (QED) is 0.629. The minimum atomic E-state index is 0.214. The van der Waals surface area contributed by atoms with Gasteiger partial charge in [0.2, 0.25) is 0 Å². The van der Waals surface area contributed by atoms with Gasteiger partial charge in [0.1, 0.15) is 0 Å². The summed E-state index contributed by atoms with van der Waals surface area (Å²) in [5.41, 5.74) is 4.97. The molecule has 0 radical (unpaired) electrons. The Kier molecular flexibility index (Phi) is 3.42.